The van der Waals surface area contributed by atoms with E-state index in [2.05, 4.69) is 33.3 Å². The zero-order chi connectivity index (χ0) is 18.0. The zero-order valence-corrected chi connectivity index (χ0v) is 14.5. The highest BCUT2D eigenvalue weighted by atomic mass is 32.1. The van der Waals surface area contributed by atoms with Gasteiger partial charge in [0.2, 0.25) is 5.43 Å². The van der Waals surface area contributed by atoms with Crippen molar-refractivity contribution >= 4 is 35.4 Å². The molecule has 0 radical (unpaired) electrons. The fraction of sp³-hybridized carbons (Fsp3) is 0.312. The first-order valence-corrected chi connectivity index (χ1v) is 8.34. The standard InChI is InChI=1S/C16H19N5O3S/c1-17-10-4-6-20(8-10)13-3-2-11-14(22)12(16(23)24)9-21(15(11)19-13)18-5-7-25/h2-3,5,7,9-10,17-18,25H,4,6,8H2,1H3,(H,23,24)/b7-5-/t10-/m1/s1. The van der Waals surface area contributed by atoms with Crippen LogP contribution in [0.15, 0.2) is 34.7 Å². The van der Waals surface area contributed by atoms with Crippen LogP contribution in [0.1, 0.15) is 16.8 Å². The Balaban J connectivity index is 2.12. The number of thiol groups is 1. The van der Waals surface area contributed by atoms with Gasteiger partial charge in [-0.05, 0) is 31.0 Å². The van der Waals surface area contributed by atoms with Crippen LogP contribution in [0.25, 0.3) is 11.0 Å². The number of hydrogen-bond donors (Lipinski definition) is 4. The molecule has 1 fully saturated rings. The Bertz CT molecular complexity index is 895. The Hall–Kier alpha value is -2.52. The lowest BCUT2D eigenvalue weighted by molar-refractivity contribution is 0.0695. The molecule has 132 valence electrons. The molecule has 0 unspecified atom stereocenters. The number of anilines is 1. The fourth-order valence-electron chi connectivity index (χ4n) is 2.94. The van der Waals surface area contributed by atoms with Crippen LogP contribution in [-0.4, -0.2) is 46.9 Å². The van der Waals surface area contributed by atoms with Gasteiger partial charge in [-0.25, -0.2) is 14.5 Å². The van der Waals surface area contributed by atoms with Crippen LogP contribution in [-0.2, 0) is 0 Å². The summed E-state index contributed by atoms with van der Waals surface area (Å²) in [5, 5.41) is 14.2. The number of aromatic nitrogens is 2. The van der Waals surface area contributed by atoms with Gasteiger partial charge in [0.1, 0.15) is 11.4 Å². The summed E-state index contributed by atoms with van der Waals surface area (Å²) in [4.78, 5) is 30.5. The van der Waals surface area contributed by atoms with E-state index in [9.17, 15) is 14.7 Å². The van der Waals surface area contributed by atoms with Crippen LogP contribution in [0.2, 0.25) is 0 Å². The van der Waals surface area contributed by atoms with E-state index in [-0.39, 0.29) is 10.9 Å². The Labute approximate surface area is 149 Å². The summed E-state index contributed by atoms with van der Waals surface area (Å²) < 4.78 is 1.42. The highest BCUT2D eigenvalue weighted by Gasteiger charge is 2.23. The normalized spacial score (nSPS) is 17.5. The molecule has 9 heteroatoms. The van der Waals surface area contributed by atoms with Gasteiger partial charge in [0, 0.05) is 31.5 Å². The quantitative estimate of drug-likeness (QED) is 0.586. The van der Waals surface area contributed by atoms with Gasteiger partial charge in [0.15, 0.2) is 5.65 Å². The number of carboxylic acids is 1. The molecule has 0 aromatic carbocycles. The van der Waals surface area contributed by atoms with E-state index in [1.54, 1.807) is 12.1 Å². The van der Waals surface area contributed by atoms with Gasteiger partial charge >= 0.3 is 5.97 Å². The number of aromatic carboxylic acids is 1. The maximum atomic E-state index is 12.4. The van der Waals surface area contributed by atoms with E-state index in [0.717, 1.165) is 25.3 Å². The van der Waals surface area contributed by atoms with E-state index in [0.29, 0.717) is 11.7 Å². The van der Waals surface area contributed by atoms with Crippen LogP contribution in [0.5, 0.6) is 0 Å². The molecule has 1 saturated heterocycles. The van der Waals surface area contributed by atoms with Crippen molar-refractivity contribution < 1.29 is 9.90 Å². The molecule has 1 aliphatic heterocycles. The molecule has 0 spiro atoms. The lowest BCUT2D eigenvalue weighted by atomic mass is 10.2. The molecular weight excluding hydrogens is 342 g/mol. The third kappa shape index (κ3) is 3.33. The molecular formula is C16H19N5O3S. The Morgan fingerprint density at radius 1 is 1.48 bits per heavy atom. The van der Waals surface area contributed by atoms with Crippen molar-refractivity contribution in [2.45, 2.75) is 12.5 Å². The molecule has 0 aliphatic carbocycles. The fourth-order valence-corrected chi connectivity index (χ4v) is 3.00. The lowest BCUT2D eigenvalue weighted by Crippen LogP contribution is -2.30. The molecule has 0 amide bonds. The smallest absolute Gasteiger partial charge is 0.341 e. The number of likely N-dealkylation sites (N-methyl/N-ethyl adjacent to an activating group) is 1. The van der Waals surface area contributed by atoms with Crippen LogP contribution in [0.4, 0.5) is 5.82 Å². The van der Waals surface area contributed by atoms with Crippen LogP contribution in [0, 0.1) is 0 Å². The van der Waals surface area contributed by atoms with Crippen LogP contribution >= 0.6 is 12.6 Å². The molecule has 3 N–H and O–H groups in total. The van der Waals surface area contributed by atoms with Crippen LogP contribution < -0.4 is 21.1 Å². The van der Waals surface area contributed by atoms with Crippen molar-refractivity contribution in [1.29, 1.82) is 0 Å². The van der Waals surface area contributed by atoms with E-state index in [4.69, 9.17) is 0 Å². The molecule has 8 nitrogen and oxygen atoms in total. The summed E-state index contributed by atoms with van der Waals surface area (Å²) in [6, 6.07) is 3.79. The second-order valence-corrected chi connectivity index (χ2v) is 6.05. The average molecular weight is 361 g/mol. The minimum absolute atomic E-state index is 0.244. The minimum atomic E-state index is -1.28. The van der Waals surface area contributed by atoms with E-state index in [1.165, 1.54) is 22.5 Å². The van der Waals surface area contributed by atoms with Gasteiger partial charge in [-0.2, -0.15) is 0 Å². The summed E-state index contributed by atoms with van der Waals surface area (Å²) in [7, 11) is 1.93. The van der Waals surface area contributed by atoms with E-state index >= 15 is 0 Å². The maximum absolute atomic E-state index is 12.4. The Morgan fingerprint density at radius 2 is 2.28 bits per heavy atom. The number of hydrogen-bond acceptors (Lipinski definition) is 7. The average Bonchev–Trinajstić information content (AvgIpc) is 3.10. The summed E-state index contributed by atoms with van der Waals surface area (Å²) in [6.45, 7) is 1.70. The SMILES string of the molecule is CN[C@@H]1CCN(c2ccc3c(=O)c(C(=O)O)cn(N/C=C\S)c3n2)C1. The molecule has 25 heavy (non-hydrogen) atoms. The Morgan fingerprint density at radius 3 is 2.92 bits per heavy atom. The number of carbonyl (C=O) groups is 1. The van der Waals surface area contributed by atoms with Gasteiger partial charge in [-0.3, -0.25) is 10.2 Å². The molecule has 3 rings (SSSR count). The van der Waals surface area contributed by atoms with Crippen molar-refractivity contribution in [1.82, 2.24) is 15.0 Å². The summed E-state index contributed by atoms with van der Waals surface area (Å²) in [5.41, 5.74) is 2.36. The maximum Gasteiger partial charge on any atom is 0.341 e. The first-order valence-electron chi connectivity index (χ1n) is 7.83. The highest BCUT2D eigenvalue weighted by molar-refractivity contribution is 7.83. The first-order chi connectivity index (χ1) is 12.0. The van der Waals surface area contributed by atoms with Gasteiger partial charge in [-0.1, -0.05) is 0 Å². The Kier molecular flexibility index (Phi) is 4.95. The second-order valence-electron chi connectivity index (χ2n) is 5.75. The van der Waals surface area contributed by atoms with Crippen molar-refractivity contribution in [2.24, 2.45) is 0 Å². The molecule has 0 bridgehead atoms. The topological polar surface area (TPSA) is 99.5 Å². The van der Waals surface area contributed by atoms with Gasteiger partial charge in [0.25, 0.3) is 0 Å². The lowest BCUT2D eigenvalue weighted by Gasteiger charge is -2.19. The highest BCUT2D eigenvalue weighted by Crippen LogP contribution is 2.21. The van der Waals surface area contributed by atoms with Crippen molar-refractivity contribution in [3.05, 3.63) is 45.7 Å². The monoisotopic (exact) mass is 361 g/mol. The molecule has 1 atom stereocenters. The minimum Gasteiger partial charge on any atom is -0.477 e. The van der Waals surface area contributed by atoms with Crippen LogP contribution in [0.3, 0.4) is 0 Å². The predicted molar refractivity (Wildman–Crippen MR) is 100 cm³/mol. The number of carboxylic acid groups (broad SMARTS) is 1. The second kappa shape index (κ2) is 7.16. The number of nitrogens with zero attached hydrogens (tertiary/aromatic N) is 3. The zero-order valence-electron chi connectivity index (χ0n) is 13.6. The third-order valence-electron chi connectivity index (χ3n) is 4.28. The van der Waals surface area contributed by atoms with Crippen molar-refractivity contribution in [3.63, 3.8) is 0 Å². The van der Waals surface area contributed by atoms with E-state index < -0.39 is 11.4 Å². The van der Waals surface area contributed by atoms with Gasteiger partial charge in [0.05, 0.1) is 5.39 Å². The summed E-state index contributed by atoms with van der Waals surface area (Å²) in [6.07, 6.45) is 3.76. The largest absolute Gasteiger partial charge is 0.477 e. The number of fused-ring (bicyclic) bond motifs is 1. The predicted octanol–water partition coefficient (Wildman–Crippen LogP) is 0.837. The molecule has 1 aliphatic rings. The van der Waals surface area contributed by atoms with Crippen molar-refractivity contribution in [3.8, 4) is 0 Å². The number of rotatable bonds is 5. The molecule has 3 heterocycles. The number of pyridine rings is 2. The van der Waals surface area contributed by atoms with Gasteiger partial charge in [-0.15, -0.1) is 12.6 Å². The molecule has 0 saturated carbocycles. The summed E-state index contributed by atoms with van der Waals surface area (Å²) in [5.74, 6) is -0.532. The number of nitrogens with one attached hydrogen (secondary N) is 2. The molecule has 2 aromatic heterocycles. The van der Waals surface area contributed by atoms with Gasteiger partial charge < -0.3 is 15.3 Å². The van der Waals surface area contributed by atoms with E-state index in [1.807, 2.05) is 7.05 Å². The third-order valence-corrected chi connectivity index (χ3v) is 4.42. The summed E-state index contributed by atoms with van der Waals surface area (Å²) >= 11 is 3.97. The van der Waals surface area contributed by atoms with Crippen molar-refractivity contribution in [2.75, 3.05) is 30.5 Å². The molecule has 2 aromatic rings. The first kappa shape index (κ1) is 17.3.